The van der Waals surface area contributed by atoms with Crippen molar-refractivity contribution in [3.8, 4) is 0 Å². The summed E-state index contributed by atoms with van der Waals surface area (Å²) in [4.78, 5) is 16.0. The number of piperazine rings is 1. The highest BCUT2D eigenvalue weighted by molar-refractivity contribution is 5.90. The zero-order valence-corrected chi connectivity index (χ0v) is 18.6. The van der Waals surface area contributed by atoms with Crippen LogP contribution in [0.1, 0.15) is 25.5 Å². The maximum atomic E-state index is 12.5. The second-order valence-electron chi connectivity index (χ2n) is 8.08. The second-order valence-corrected chi connectivity index (χ2v) is 8.08. The zero-order chi connectivity index (χ0) is 23.4. The van der Waals surface area contributed by atoms with Gasteiger partial charge in [-0.2, -0.15) is 23.3 Å². The first-order valence-electron chi connectivity index (χ1n) is 10.9. The Kier molecular flexibility index (Phi) is 6.94. The predicted molar refractivity (Wildman–Crippen MR) is 119 cm³/mol. The van der Waals surface area contributed by atoms with Gasteiger partial charge in [0.05, 0.1) is 18.8 Å². The van der Waals surface area contributed by atoms with Gasteiger partial charge in [-0.15, -0.1) is 0 Å². The van der Waals surface area contributed by atoms with Gasteiger partial charge < -0.3 is 20.3 Å². The van der Waals surface area contributed by atoms with Gasteiger partial charge >= 0.3 is 6.18 Å². The highest BCUT2D eigenvalue weighted by atomic mass is 19.4. The summed E-state index contributed by atoms with van der Waals surface area (Å²) in [5, 5.41) is 11.2. The number of hydrogen-bond donors (Lipinski definition) is 2. The van der Waals surface area contributed by atoms with Crippen molar-refractivity contribution in [2.45, 2.75) is 32.5 Å². The summed E-state index contributed by atoms with van der Waals surface area (Å²) in [5.74, 6) is 1.73. The van der Waals surface area contributed by atoms with E-state index in [0.29, 0.717) is 28.6 Å². The molecule has 1 aliphatic heterocycles. The first-order chi connectivity index (χ1) is 15.8. The molecule has 1 saturated heterocycles. The van der Waals surface area contributed by atoms with Gasteiger partial charge in [0.1, 0.15) is 23.5 Å². The lowest BCUT2D eigenvalue weighted by Crippen LogP contribution is -2.44. The van der Waals surface area contributed by atoms with E-state index < -0.39 is 12.8 Å². The number of anilines is 3. The van der Waals surface area contributed by atoms with Crippen molar-refractivity contribution in [3.63, 3.8) is 0 Å². The van der Waals surface area contributed by atoms with Crippen molar-refractivity contribution in [1.29, 1.82) is 0 Å². The fourth-order valence-corrected chi connectivity index (χ4v) is 3.63. The highest BCUT2D eigenvalue weighted by Gasteiger charge is 2.28. The molecular formula is C21H27F3N8O. The Morgan fingerprint density at radius 1 is 1.18 bits per heavy atom. The van der Waals surface area contributed by atoms with Gasteiger partial charge in [-0.05, 0) is 18.1 Å². The van der Waals surface area contributed by atoms with Crippen LogP contribution in [0, 0.1) is 0 Å². The van der Waals surface area contributed by atoms with E-state index in [9.17, 15) is 13.2 Å². The number of rotatable bonds is 8. The van der Waals surface area contributed by atoms with Crippen LogP contribution in [0.3, 0.4) is 0 Å². The van der Waals surface area contributed by atoms with E-state index in [-0.39, 0.29) is 19.1 Å². The number of hydrogen-bond acceptors (Lipinski definition) is 8. The Bertz CT molecular complexity index is 1060. The number of alkyl halides is 3. The molecule has 0 aromatic carbocycles. The molecule has 2 N–H and O–H groups in total. The van der Waals surface area contributed by atoms with Crippen LogP contribution in [-0.4, -0.2) is 70.3 Å². The number of ether oxygens (including phenoxy) is 1. The quantitative estimate of drug-likeness (QED) is 0.492. The Morgan fingerprint density at radius 2 is 1.97 bits per heavy atom. The van der Waals surface area contributed by atoms with E-state index in [1.165, 1.54) is 0 Å². The van der Waals surface area contributed by atoms with Crippen molar-refractivity contribution in [2.75, 3.05) is 49.6 Å². The molecule has 0 bridgehead atoms. The topological polar surface area (TPSA) is 93.0 Å². The van der Waals surface area contributed by atoms with Crippen LogP contribution >= 0.6 is 0 Å². The van der Waals surface area contributed by atoms with Crippen LogP contribution in [0.4, 0.5) is 30.8 Å². The van der Waals surface area contributed by atoms with Gasteiger partial charge in [-0.1, -0.05) is 19.9 Å². The summed E-state index contributed by atoms with van der Waals surface area (Å²) in [5.41, 5.74) is 2.03. The van der Waals surface area contributed by atoms with Gasteiger partial charge in [0.15, 0.2) is 5.82 Å². The third-order valence-electron chi connectivity index (χ3n) is 5.17. The van der Waals surface area contributed by atoms with Gasteiger partial charge in [0.25, 0.3) is 0 Å². The average molecular weight is 464 g/mol. The molecule has 1 aliphatic rings. The molecule has 178 valence electrons. The van der Waals surface area contributed by atoms with E-state index >= 15 is 0 Å². The summed E-state index contributed by atoms with van der Waals surface area (Å²) in [7, 11) is 0. The Hall–Kier alpha value is -2.99. The molecule has 3 aromatic rings. The lowest BCUT2D eigenvalue weighted by atomic mass is 10.1. The van der Waals surface area contributed by atoms with E-state index in [4.69, 9.17) is 14.7 Å². The van der Waals surface area contributed by atoms with Crippen LogP contribution in [0.25, 0.3) is 11.0 Å². The SMILES string of the molecule is CC(C)c1nn(CCOCC(F)(F)F)c2c(Nc3ccccn3)nc(N3CCNCC3)nc12. The third-order valence-corrected chi connectivity index (χ3v) is 5.17. The fraction of sp³-hybridized carbons (Fsp3) is 0.524. The average Bonchev–Trinajstić information content (AvgIpc) is 3.16. The summed E-state index contributed by atoms with van der Waals surface area (Å²) >= 11 is 0. The normalized spacial score (nSPS) is 14.9. The number of nitrogens with one attached hydrogen (secondary N) is 2. The van der Waals surface area contributed by atoms with Crippen molar-refractivity contribution in [1.82, 2.24) is 30.0 Å². The summed E-state index contributed by atoms with van der Waals surface area (Å²) in [6, 6.07) is 5.48. The van der Waals surface area contributed by atoms with Crippen molar-refractivity contribution < 1.29 is 17.9 Å². The molecule has 0 amide bonds. The highest BCUT2D eigenvalue weighted by Crippen LogP contribution is 2.31. The number of pyridine rings is 1. The molecule has 0 atom stereocenters. The third kappa shape index (κ3) is 5.69. The van der Waals surface area contributed by atoms with Crippen LogP contribution in [0.2, 0.25) is 0 Å². The maximum absolute atomic E-state index is 12.5. The Morgan fingerprint density at radius 3 is 2.64 bits per heavy atom. The van der Waals surface area contributed by atoms with Crippen molar-refractivity contribution in [3.05, 3.63) is 30.1 Å². The second kappa shape index (κ2) is 9.87. The van der Waals surface area contributed by atoms with Gasteiger partial charge in [0.2, 0.25) is 5.95 Å². The van der Waals surface area contributed by atoms with Crippen LogP contribution in [-0.2, 0) is 11.3 Å². The Balaban J connectivity index is 1.75. The first kappa shape index (κ1) is 23.2. The molecule has 0 unspecified atom stereocenters. The predicted octanol–water partition coefficient (Wildman–Crippen LogP) is 3.08. The smallest absolute Gasteiger partial charge is 0.370 e. The van der Waals surface area contributed by atoms with E-state index in [1.54, 1.807) is 10.9 Å². The number of fused-ring (bicyclic) bond motifs is 1. The zero-order valence-electron chi connectivity index (χ0n) is 18.6. The van der Waals surface area contributed by atoms with Crippen LogP contribution in [0.5, 0.6) is 0 Å². The minimum atomic E-state index is -4.37. The molecule has 0 spiro atoms. The lowest BCUT2D eigenvalue weighted by Gasteiger charge is -2.27. The molecule has 0 radical (unpaired) electrons. The minimum Gasteiger partial charge on any atom is -0.370 e. The van der Waals surface area contributed by atoms with Crippen LogP contribution in [0.15, 0.2) is 24.4 Å². The van der Waals surface area contributed by atoms with Gasteiger partial charge in [-0.25, -0.2) is 9.97 Å². The molecule has 1 fully saturated rings. The molecule has 4 rings (SSSR count). The van der Waals surface area contributed by atoms with E-state index in [0.717, 1.165) is 31.9 Å². The molecular weight excluding hydrogens is 437 g/mol. The largest absolute Gasteiger partial charge is 0.411 e. The summed E-state index contributed by atoms with van der Waals surface area (Å²) in [6.07, 6.45) is -2.71. The first-order valence-corrected chi connectivity index (χ1v) is 10.9. The lowest BCUT2D eigenvalue weighted by molar-refractivity contribution is -0.174. The number of aromatic nitrogens is 5. The van der Waals surface area contributed by atoms with Gasteiger partial charge in [0, 0.05) is 32.4 Å². The van der Waals surface area contributed by atoms with Crippen LogP contribution < -0.4 is 15.5 Å². The Labute approximate surface area is 189 Å². The molecule has 3 aromatic heterocycles. The summed E-state index contributed by atoms with van der Waals surface area (Å²) < 4.78 is 43.9. The standard InChI is InChI=1S/C21H27F3N8O/c1-14(2)16-17-18(32(30-16)11-12-33-13-21(22,23)24)19(27-15-5-3-4-6-26-15)29-20(28-17)31-9-7-25-8-10-31/h3-6,14,25H,7-13H2,1-2H3,(H,26,27,28,29). The molecule has 0 saturated carbocycles. The number of nitrogens with zero attached hydrogens (tertiary/aromatic N) is 6. The summed E-state index contributed by atoms with van der Waals surface area (Å²) in [6.45, 7) is 5.90. The fourth-order valence-electron chi connectivity index (χ4n) is 3.63. The van der Waals surface area contributed by atoms with Crippen molar-refractivity contribution in [2.24, 2.45) is 0 Å². The van der Waals surface area contributed by atoms with Crippen molar-refractivity contribution >= 4 is 28.6 Å². The molecule has 4 heterocycles. The minimum absolute atomic E-state index is 0.0540. The monoisotopic (exact) mass is 464 g/mol. The molecule has 33 heavy (non-hydrogen) atoms. The van der Waals surface area contributed by atoms with E-state index in [2.05, 4.69) is 25.6 Å². The van der Waals surface area contributed by atoms with Gasteiger partial charge in [-0.3, -0.25) is 4.68 Å². The molecule has 0 aliphatic carbocycles. The maximum Gasteiger partial charge on any atom is 0.411 e. The van der Waals surface area contributed by atoms with E-state index in [1.807, 2.05) is 32.0 Å². The molecule has 9 nitrogen and oxygen atoms in total. The molecule has 12 heteroatoms. The number of halogens is 3.